The molecule has 0 bridgehead atoms. The normalized spacial score (nSPS) is 28.4. The second-order valence-electron chi connectivity index (χ2n) is 6.01. The Morgan fingerprint density at radius 1 is 1.40 bits per heavy atom. The number of hydrogen-bond donors (Lipinski definition) is 1. The maximum Gasteiger partial charge on any atom is 0.192 e. The van der Waals surface area contributed by atoms with E-state index in [1.54, 1.807) is 0 Å². The molecule has 1 aliphatic rings. The summed E-state index contributed by atoms with van der Waals surface area (Å²) in [7, 11) is -1.66. The molecule has 1 N–H and O–H groups in total. The lowest BCUT2D eigenvalue weighted by Crippen LogP contribution is -2.43. The third kappa shape index (κ3) is 3.54. The van der Waals surface area contributed by atoms with Crippen LogP contribution in [0.25, 0.3) is 0 Å². The summed E-state index contributed by atoms with van der Waals surface area (Å²) < 4.78 is 19.0. The topological polar surface area (TPSA) is 21.3 Å². The zero-order chi connectivity index (χ0) is 11.7. The smallest absolute Gasteiger partial charge is 0.192 e. The van der Waals surface area contributed by atoms with Gasteiger partial charge in [0.2, 0.25) is 0 Å². The lowest BCUT2D eigenvalue weighted by atomic mass is 10.2. The Kier molecular flexibility index (Phi) is 3.95. The van der Waals surface area contributed by atoms with Gasteiger partial charge in [-0.3, -0.25) is 0 Å². The average Bonchev–Trinajstić information content (AvgIpc) is 2.46. The second-order valence-corrected chi connectivity index (χ2v) is 10.8. The highest BCUT2D eigenvalue weighted by atomic mass is 28.4. The van der Waals surface area contributed by atoms with Gasteiger partial charge in [-0.25, -0.2) is 4.39 Å². The highest BCUT2D eigenvalue weighted by Gasteiger charge is 2.38. The Morgan fingerprint density at radius 2 is 2.00 bits per heavy atom. The van der Waals surface area contributed by atoms with Crippen molar-refractivity contribution in [3.63, 3.8) is 0 Å². The molecule has 0 radical (unpaired) electrons. The lowest BCUT2D eigenvalue weighted by Gasteiger charge is -2.36. The summed E-state index contributed by atoms with van der Waals surface area (Å²) in [6.07, 6.45) is -0.0766. The minimum Gasteiger partial charge on any atom is -0.415 e. The van der Waals surface area contributed by atoms with Crippen molar-refractivity contribution in [1.82, 2.24) is 5.32 Å². The highest BCUT2D eigenvalue weighted by Crippen LogP contribution is 2.36. The fourth-order valence-electron chi connectivity index (χ4n) is 1.42. The van der Waals surface area contributed by atoms with E-state index in [0.29, 0.717) is 19.6 Å². The molecule has 0 spiro atoms. The fraction of sp³-hybridized carbons (Fsp3) is 1.00. The molecule has 0 aromatic rings. The average molecular weight is 233 g/mol. The number of rotatable bonds is 3. The van der Waals surface area contributed by atoms with Crippen LogP contribution in [0.3, 0.4) is 0 Å². The summed E-state index contributed by atoms with van der Waals surface area (Å²) in [5, 5.41) is 3.39. The quantitative estimate of drug-likeness (QED) is 0.757. The van der Waals surface area contributed by atoms with Crippen molar-refractivity contribution in [3.8, 4) is 0 Å². The molecular weight excluding hydrogens is 209 g/mol. The number of nitrogens with one attached hydrogen (secondary N) is 1. The zero-order valence-corrected chi connectivity index (χ0v) is 11.6. The van der Waals surface area contributed by atoms with Crippen LogP contribution in [0.5, 0.6) is 0 Å². The molecule has 0 amide bonds. The summed E-state index contributed by atoms with van der Waals surface area (Å²) in [6.45, 7) is 12.3. The Balaban J connectivity index is 2.36. The van der Waals surface area contributed by atoms with Crippen molar-refractivity contribution in [2.24, 2.45) is 0 Å². The van der Waals surface area contributed by atoms with Gasteiger partial charge in [0, 0.05) is 19.2 Å². The van der Waals surface area contributed by atoms with Crippen LogP contribution in [-0.4, -0.2) is 33.7 Å². The van der Waals surface area contributed by atoms with E-state index in [1.165, 1.54) is 0 Å². The molecule has 4 heteroatoms. The van der Waals surface area contributed by atoms with E-state index >= 15 is 0 Å². The van der Waals surface area contributed by atoms with E-state index in [1.807, 2.05) is 0 Å². The molecule has 0 saturated carbocycles. The molecule has 90 valence electrons. The van der Waals surface area contributed by atoms with Gasteiger partial charge in [-0.05, 0) is 24.6 Å². The van der Waals surface area contributed by atoms with Gasteiger partial charge in [0.05, 0.1) is 0 Å². The molecule has 0 aromatic heterocycles. The van der Waals surface area contributed by atoms with Crippen molar-refractivity contribution in [1.29, 1.82) is 0 Å². The zero-order valence-electron chi connectivity index (χ0n) is 10.6. The molecule has 2 atom stereocenters. The van der Waals surface area contributed by atoms with Crippen molar-refractivity contribution in [2.75, 3.05) is 13.2 Å². The van der Waals surface area contributed by atoms with E-state index in [2.05, 4.69) is 39.2 Å². The van der Waals surface area contributed by atoms with Crippen LogP contribution in [0.2, 0.25) is 18.1 Å². The summed E-state index contributed by atoms with van der Waals surface area (Å²) in [5.41, 5.74) is 0. The minimum absolute atomic E-state index is 0.217. The predicted octanol–water partition coefficient (Wildman–Crippen LogP) is 2.71. The van der Waals surface area contributed by atoms with Crippen LogP contribution in [0.1, 0.15) is 27.2 Å². The van der Waals surface area contributed by atoms with Crippen molar-refractivity contribution in [2.45, 2.75) is 57.5 Å². The second kappa shape index (κ2) is 4.51. The van der Waals surface area contributed by atoms with Crippen LogP contribution in [-0.2, 0) is 4.43 Å². The van der Waals surface area contributed by atoms with E-state index in [9.17, 15) is 4.39 Å². The molecule has 15 heavy (non-hydrogen) atoms. The maximum absolute atomic E-state index is 12.9. The lowest BCUT2D eigenvalue weighted by molar-refractivity contribution is 0.247. The SMILES string of the molecule is CC(C)(C)[Si](C)(C)OC[C@@H]1C[C@H](F)CN1. The molecular formula is C11H24FNOSi. The fourth-order valence-corrected chi connectivity index (χ4v) is 2.47. The van der Waals surface area contributed by atoms with Gasteiger partial charge in [-0.15, -0.1) is 0 Å². The molecule has 1 aliphatic heterocycles. The molecule has 1 rings (SSSR count). The minimum atomic E-state index is -1.66. The monoisotopic (exact) mass is 233 g/mol. The first-order valence-corrected chi connectivity index (χ1v) is 8.64. The molecule has 1 heterocycles. The van der Waals surface area contributed by atoms with Crippen LogP contribution >= 0.6 is 0 Å². The first-order valence-electron chi connectivity index (χ1n) is 5.74. The molecule has 2 nitrogen and oxygen atoms in total. The Labute approximate surface area is 93.7 Å². The Morgan fingerprint density at radius 3 is 2.40 bits per heavy atom. The standard InChI is InChI=1S/C11H24FNOSi/c1-11(2,3)15(4,5)14-8-10-6-9(12)7-13-10/h9-10,13H,6-8H2,1-5H3/t9-,10-/m0/s1. The van der Waals surface area contributed by atoms with Gasteiger partial charge in [0.1, 0.15) is 6.17 Å². The summed E-state index contributed by atoms with van der Waals surface area (Å²) >= 11 is 0. The van der Waals surface area contributed by atoms with Gasteiger partial charge in [0.25, 0.3) is 0 Å². The largest absolute Gasteiger partial charge is 0.415 e. The van der Waals surface area contributed by atoms with Crippen molar-refractivity contribution < 1.29 is 8.82 Å². The number of hydrogen-bond acceptors (Lipinski definition) is 2. The third-order valence-electron chi connectivity index (χ3n) is 3.62. The molecule has 1 fully saturated rings. The molecule has 0 unspecified atom stereocenters. The van der Waals surface area contributed by atoms with Gasteiger partial charge in [-0.1, -0.05) is 20.8 Å². The van der Waals surface area contributed by atoms with E-state index in [0.717, 1.165) is 0 Å². The van der Waals surface area contributed by atoms with Crippen LogP contribution in [0.4, 0.5) is 4.39 Å². The number of alkyl halides is 1. The predicted molar refractivity (Wildman–Crippen MR) is 64.5 cm³/mol. The van der Waals surface area contributed by atoms with Crippen molar-refractivity contribution >= 4 is 8.32 Å². The van der Waals surface area contributed by atoms with E-state index in [-0.39, 0.29) is 11.1 Å². The van der Waals surface area contributed by atoms with E-state index in [4.69, 9.17) is 4.43 Å². The highest BCUT2D eigenvalue weighted by molar-refractivity contribution is 6.74. The van der Waals surface area contributed by atoms with Gasteiger partial charge >= 0.3 is 0 Å². The first-order chi connectivity index (χ1) is 6.72. The number of halogens is 1. The van der Waals surface area contributed by atoms with Gasteiger partial charge in [-0.2, -0.15) is 0 Å². The third-order valence-corrected chi connectivity index (χ3v) is 8.12. The van der Waals surface area contributed by atoms with Crippen LogP contribution < -0.4 is 5.32 Å². The maximum atomic E-state index is 12.9. The van der Waals surface area contributed by atoms with Crippen molar-refractivity contribution in [3.05, 3.63) is 0 Å². The van der Waals surface area contributed by atoms with Crippen LogP contribution in [0.15, 0.2) is 0 Å². The first kappa shape index (κ1) is 13.1. The summed E-state index contributed by atoms with van der Waals surface area (Å²) in [4.78, 5) is 0. The molecule has 0 aliphatic carbocycles. The molecule has 1 saturated heterocycles. The van der Waals surface area contributed by atoms with Crippen LogP contribution in [0, 0.1) is 0 Å². The van der Waals surface area contributed by atoms with Gasteiger partial charge in [0.15, 0.2) is 8.32 Å². The Hall–Kier alpha value is 0.0669. The molecule has 0 aromatic carbocycles. The summed E-state index contributed by atoms with van der Waals surface area (Å²) in [5.74, 6) is 0. The van der Waals surface area contributed by atoms with Gasteiger partial charge < -0.3 is 9.74 Å². The summed E-state index contributed by atoms with van der Waals surface area (Å²) in [6, 6.07) is 0.217. The van der Waals surface area contributed by atoms with E-state index < -0.39 is 14.5 Å². The Bertz CT molecular complexity index is 215.